The van der Waals surface area contributed by atoms with Crippen LogP contribution in [0, 0.1) is 18.3 Å². The number of rotatable bonds is 7. The molecule has 2 saturated heterocycles. The second-order valence-corrected chi connectivity index (χ2v) is 10.5. The number of nitrogens with zero attached hydrogens (tertiary/aromatic N) is 5. The Kier molecular flexibility index (Phi) is 8.26. The smallest absolute Gasteiger partial charge is 0.270 e. The van der Waals surface area contributed by atoms with E-state index in [4.69, 9.17) is 17.0 Å². The number of hydrogen-bond acceptors (Lipinski definition) is 8. The molecule has 2 aromatic rings. The molecule has 2 aliphatic heterocycles. The molecule has 188 valence electrons. The minimum atomic E-state index is -0.332. The topological polar surface area (TPSA) is 81.8 Å². The van der Waals surface area contributed by atoms with Gasteiger partial charge in [0.1, 0.15) is 21.8 Å². The molecular weight excluding hydrogens is 494 g/mol. The zero-order valence-electron chi connectivity index (χ0n) is 20.7. The fraction of sp³-hybridized carbons (Fsp3) is 0.385. The van der Waals surface area contributed by atoms with Crippen molar-refractivity contribution in [2.24, 2.45) is 7.05 Å². The highest BCUT2D eigenvalue weighted by molar-refractivity contribution is 8.26. The fourth-order valence-electron chi connectivity index (χ4n) is 4.56. The molecule has 8 nitrogen and oxygen atoms in total. The lowest BCUT2D eigenvalue weighted by Gasteiger charge is -2.37. The van der Waals surface area contributed by atoms with Crippen LogP contribution in [0.25, 0.3) is 6.08 Å². The van der Waals surface area contributed by atoms with Crippen LogP contribution >= 0.6 is 24.0 Å². The highest BCUT2D eigenvalue weighted by Crippen LogP contribution is 2.35. The molecule has 1 aromatic heterocycles. The second kappa shape index (κ2) is 11.4. The first kappa shape index (κ1) is 26.1. The van der Waals surface area contributed by atoms with E-state index in [2.05, 4.69) is 28.0 Å². The van der Waals surface area contributed by atoms with Gasteiger partial charge >= 0.3 is 0 Å². The van der Waals surface area contributed by atoms with Crippen molar-refractivity contribution in [3.63, 3.8) is 0 Å². The first-order valence-corrected chi connectivity index (χ1v) is 13.0. The number of pyridine rings is 1. The molecule has 0 N–H and O–H groups in total. The maximum absolute atomic E-state index is 13.1. The van der Waals surface area contributed by atoms with E-state index in [-0.39, 0.29) is 17.0 Å². The van der Waals surface area contributed by atoms with Gasteiger partial charge in [-0.05, 0) is 24.1 Å². The number of thioether (sulfide) groups is 1. The van der Waals surface area contributed by atoms with Crippen LogP contribution in [0.3, 0.4) is 0 Å². The van der Waals surface area contributed by atoms with Crippen molar-refractivity contribution in [3.8, 4) is 6.07 Å². The average molecular weight is 524 g/mol. The summed E-state index contributed by atoms with van der Waals surface area (Å²) < 4.78 is 7.12. The Hall–Kier alpha value is -2.97. The van der Waals surface area contributed by atoms with Crippen molar-refractivity contribution >= 4 is 46.1 Å². The number of nitriles is 1. The Bertz CT molecular complexity index is 1290. The van der Waals surface area contributed by atoms with E-state index in [1.165, 1.54) is 26.8 Å². The maximum Gasteiger partial charge on any atom is 0.270 e. The summed E-state index contributed by atoms with van der Waals surface area (Å²) >= 11 is 6.66. The van der Waals surface area contributed by atoms with E-state index >= 15 is 0 Å². The number of piperazine rings is 1. The van der Waals surface area contributed by atoms with Gasteiger partial charge in [-0.3, -0.25) is 24.0 Å². The van der Waals surface area contributed by atoms with Crippen LogP contribution in [-0.4, -0.2) is 71.0 Å². The SMILES string of the molecule is COCCN1C(=O)C(=Cc2c(C)c(C#N)c(=O)n(C)c2N2CCN(Cc3ccccc3)CC2)SC1=S. The van der Waals surface area contributed by atoms with Gasteiger partial charge in [-0.2, -0.15) is 5.26 Å². The number of hydrogen-bond donors (Lipinski definition) is 0. The normalized spacial score (nSPS) is 17.8. The van der Waals surface area contributed by atoms with E-state index in [9.17, 15) is 14.9 Å². The summed E-state index contributed by atoms with van der Waals surface area (Å²) in [6.07, 6.45) is 1.79. The molecule has 1 aromatic carbocycles. The quantitative estimate of drug-likeness (QED) is 0.405. The number of aromatic nitrogens is 1. The van der Waals surface area contributed by atoms with Crippen molar-refractivity contribution in [1.82, 2.24) is 14.4 Å². The molecular formula is C26H29N5O3S2. The summed E-state index contributed by atoms with van der Waals surface area (Å²) in [6.45, 7) is 6.52. The molecule has 0 saturated carbocycles. The van der Waals surface area contributed by atoms with E-state index in [1.807, 2.05) is 18.2 Å². The first-order chi connectivity index (χ1) is 17.3. The Morgan fingerprint density at radius 1 is 1.17 bits per heavy atom. The highest BCUT2D eigenvalue weighted by atomic mass is 32.2. The van der Waals surface area contributed by atoms with Crippen LogP contribution in [0.4, 0.5) is 5.82 Å². The van der Waals surface area contributed by atoms with Gasteiger partial charge in [0.15, 0.2) is 0 Å². The summed E-state index contributed by atoms with van der Waals surface area (Å²) in [5.74, 6) is 0.533. The molecule has 0 spiro atoms. The molecule has 2 aliphatic rings. The largest absolute Gasteiger partial charge is 0.383 e. The van der Waals surface area contributed by atoms with Gasteiger partial charge in [0.05, 0.1) is 18.1 Å². The van der Waals surface area contributed by atoms with Crippen LogP contribution in [0.1, 0.15) is 22.3 Å². The minimum Gasteiger partial charge on any atom is -0.383 e. The molecule has 4 rings (SSSR count). The first-order valence-electron chi connectivity index (χ1n) is 11.7. The van der Waals surface area contributed by atoms with Gasteiger partial charge in [0.2, 0.25) is 0 Å². The van der Waals surface area contributed by atoms with Crippen molar-refractivity contribution < 1.29 is 9.53 Å². The highest BCUT2D eigenvalue weighted by Gasteiger charge is 2.33. The van der Waals surface area contributed by atoms with Gasteiger partial charge in [-0.1, -0.05) is 54.3 Å². The number of ether oxygens (including phenoxy) is 1. The van der Waals surface area contributed by atoms with Crippen molar-refractivity contribution in [1.29, 1.82) is 5.26 Å². The lowest BCUT2D eigenvalue weighted by molar-refractivity contribution is -0.122. The van der Waals surface area contributed by atoms with Gasteiger partial charge < -0.3 is 9.64 Å². The molecule has 0 atom stereocenters. The van der Waals surface area contributed by atoms with Gasteiger partial charge in [0, 0.05) is 52.4 Å². The third-order valence-corrected chi connectivity index (χ3v) is 7.93. The number of methoxy groups -OCH3 is 1. The van der Waals surface area contributed by atoms with Gasteiger partial charge in [-0.15, -0.1) is 0 Å². The Morgan fingerprint density at radius 3 is 2.50 bits per heavy atom. The van der Waals surface area contributed by atoms with Crippen LogP contribution in [0.5, 0.6) is 0 Å². The maximum atomic E-state index is 13.1. The Balaban J connectivity index is 1.66. The third-order valence-electron chi connectivity index (χ3n) is 6.56. The third kappa shape index (κ3) is 5.25. The van der Waals surface area contributed by atoms with E-state index in [0.717, 1.165) is 38.5 Å². The predicted octanol–water partition coefficient (Wildman–Crippen LogP) is 2.74. The predicted molar refractivity (Wildman–Crippen MR) is 147 cm³/mol. The molecule has 0 unspecified atom stereocenters. The Labute approximate surface area is 220 Å². The lowest BCUT2D eigenvalue weighted by Crippen LogP contribution is -2.48. The fourth-order valence-corrected chi connectivity index (χ4v) is 5.85. The van der Waals surface area contributed by atoms with E-state index < -0.39 is 0 Å². The zero-order chi connectivity index (χ0) is 25.8. The van der Waals surface area contributed by atoms with Crippen molar-refractivity contribution in [2.45, 2.75) is 13.5 Å². The monoisotopic (exact) mass is 523 g/mol. The average Bonchev–Trinajstić information content (AvgIpc) is 3.15. The number of benzene rings is 1. The molecule has 2 fully saturated rings. The number of carbonyl (C=O) groups is 1. The number of thiocarbonyl (C=S) groups is 1. The summed E-state index contributed by atoms with van der Waals surface area (Å²) in [5, 5.41) is 9.70. The molecule has 36 heavy (non-hydrogen) atoms. The molecule has 3 heterocycles. The van der Waals surface area contributed by atoms with Crippen LogP contribution in [-0.2, 0) is 23.1 Å². The number of amides is 1. The molecule has 0 radical (unpaired) electrons. The van der Waals surface area contributed by atoms with Gasteiger partial charge in [-0.25, -0.2) is 0 Å². The Morgan fingerprint density at radius 2 is 1.86 bits per heavy atom. The standard InChI is InChI=1S/C26H29N5O3S2/c1-18-20(15-22-25(33)31(13-14-34-3)26(35)36-22)23(28(2)24(32)21(18)16-27)30-11-9-29(10-12-30)17-19-7-5-4-6-8-19/h4-8,15H,9-14,17H2,1-3H3. The summed E-state index contributed by atoms with van der Waals surface area (Å²) in [4.78, 5) is 32.7. The lowest BCUT2D eigenvalue weighted by atomic mass is 10.0. The zero-order valence-corrected chi connectivity index (χ0v) is 22.3. The minimum absolute atomic E-state index is 0.0880. The van der Waals surface area contributed by atoms with E-state index in [0.29, 0.717) is 33.5 Å². The number of carbonyl (C=O) groups excluding carboxylic acids is 1. The second-order valence-electron chi connectivity index (χ2n) is 8.79. The van der Waals surface area contributed by atoms with Crippen LogP contribution in [0.2, 0.25) is 0 Å². The molecule has 0 aliphatic carbocycles. The number of anilines is 1. The van der Waals surface area contributed by atoms with Crippen LogP contribution in [0.15, 0.2) is 40.0 Å². The van der Waals surface area contributed by atoms with Gasteiger partial charge in [0.25, 0.3) is 11.5 Å². The summed E-state index contributed by atoms with van der Waals surface area (Å²) in [5.41, 5.74) is 2.30. The molecule has 0 bridgehead atoms. The molecule has 1 amide bonds. The van der Waals surface area contributed by atoms with Crippen LogP contribution < -0.4 is 10.5 Å². The molecule has 10 heteroatoms. The summed E-state index contributed by atoms with van der Waals surface area (Å²) in [7, 11) is 3.27. The summed E-state index contributed by atoms with van der Waals surface area (Å²) in [6, 6.07) is 12.4. The van der Waals surface area contributed by atoms with Crippen molar-refractivity contribution in [2.75, 3.05) is 51.3 Å². The van der Waals surface area contributed by atoms with E-state index in [1.54, 1.807) is 27.2 Å². The van der Waals surface area contributed by atoms with Crippen molar-refractivity contribution in [3.05, 3.63) is 67.8 Å².